The zero-order valence-corrected chi connectivity index (χ0v) is 13.2. The molecule has 0 aliphatic heterocycles. The Hall–Kier alpha value is -1.67. The molecule has 0 saturated carbocycles. The first kappa shape index (κ1) is 17.4. The van der Waals surface area contributed by atoms with Crippen LogP contribution in [0.25, 0.3) is 0 Å². The van der Waals surface area contributed by atoms with Crippen molar-refractivity contribution in [2.24, 2.45) is 0 Å². The summed E-state index contributed by atoms with van der Waals surface area (Å²) in [6.07, 6.45) is 2.03. The van der Waals surface area contributed by atoms with Crippen LogP contribution in [0.15, 0.2) is 6.20 Å². The Balaban J connectivity index is 2.40. The van der Waals surface area contributed by atoms with E-state index in [0.29, 0.717) is 0 Å². The number of nitrogens with zero attached hydrogens (tertiary/aromatic N) is 1. The number of thiazole rings is 1. The summed E-state index contributed by atoms with van der Waals surface area (Å²) in [5.41, 5.74) is 0. The van der Waals surface area contributed by atoms with Gasteiger partial charge in [-0.2, -0.15) is 0 Å². The average Bonchev–Trinajstić information content (AvgIpc) is 2.92. The zero-order chi connectivity index (χ0) is 15.8. The van der Waals surface area contributed by atoms with Crippen molar-refractivity contribution in [2.75, 3.05) is 13.7 Å². The lowest BCUT2D eigenvalue weighted by Crippen LogP contribution is -2.41. The maximum Gasteiger partial charge on any atom is 0.315 e. The van der Waals surface area contributed by atoms with Gasteiger partial charge in [0.25, 0.3) is 0 Å². The molecule has 0 aliphatic carbocycles. The Kier molecular flexibility index (Phi) is 7.10. The second kappa shape index (κ2) is 8.58. The van der Waals surface area contributed by atoms with E-state index in [4.69, 9.17) is 9.84 Å². The quantitative estimate of drug-likeness (QED) is 0.676. The van der Waals surface area contributed by atoms with Crippen molar-refractivity contribution in [2.45, 2.75) is 38.8 Å². The topological polar surface area (TPSA) is 101 Å². The van der Waals surface area contributed by atoms with Crippen molar-refractivity contribution < 1.29 is 19.4 Å². The molecule has 2 atom stereocenters. The van der Waals surface area contributed by atoms with Crippen molar-refractivity contribution in [3.05, 3.63) is 16.1 Å². The van der Waals surface area contributed by atoms with Gasteiger partial charge < -0.3 is 20.5 Å². The number of carbonyl (C=O) groups excluding carboxylic acids is 1. The summed E-state index contributed by atoms with van der Waals surface area (Å²) >= 11 is 1.56. The fourth-order valence-corrected chi connectivity index (χ4v) is 2.50. The van der Waals surface area contributed by atoms with Gasteiger partial charge >= 0.3 is 12.0 Å². The Bertz CT molecular complexity index is 478. The molecule has 0 fully saturated rings. The van der Waals surface area contributed by atoms with E-state index in [1.807, 2.05) is 13.1 Å². The van der Waals surface area contributed by atoms with Crippen LogP contribution >= 0.6 is 11.3 Å². The van der Waals surface area contributed by atoms with Crippen molar-refractivity contribution in [3.8, 4) is 0 Å². The lowest BCUT2D eigenvalue weighted by molar-refractivity contribution is -0.139. The predicted molar refractivity (Wildman–Crippen MR) is 79.5 cm³/mol. The number of rotatable bonds is 8. The normalized spacial score (nSPS) is 13.5. The van der Waals surface area contributed by atoms with Crippen LogP contribution in [0.1, 0.15) is 36.2 Å². The number of urea groups is 1. The summed E-state index contributed by atoms with van der Waals surface area (Å²) in [5, 5.41) is 14.9. The number of aliphatic carboxylic acids is 1. The number of methoxy groups -OCH3 is 1. The highest BCUT2D eigenvalue weighted by Gasteiger charge is 2.16. The van der Waals surface area contributed by atoms with E-state index in [2.05, 4.69) is 22.5 Å². The van der Waals surface area contributed by atoms with Crippen LogP contribution in [0.4, 0.5) is 4.79 Å². The minimum Gasteiger partial charge on any atom is -0.481 e. The molecule has 118 valence electrons. The smallest absolute Gasteiger partial charge is 0.315 e. The molecule has 1 aromatic rings. The molecule has 1 heterocycles. The second-order valence-corrected chi connectivity index (χ2v) is 5.70. The van der Waals surface area contributed by atoms with Crippen LogP contribution in [-0.4, -0.2) is 41.8 Å². The van der Waals surface area contributed by atoms with Gasteiger partial charge in [0.2, 0.25) is 0 Å². The molecule has 0 spiro atoms. The molecule has 2 unspecified atom stereocenters. The molecule has 21 heavy (non-hydrogen) atoms. The minimum atomic E-state index is -0.965. The van der Waals surface area contributed by atoms with E-state index in [0.717, 1.165) is 11.4 Å². The summed E-state index contributed by atoms with van der Waals surface area (Å²) in [7, 11) is 1.41. The van der Waals surface area contributed by atoms with Gasteiger partial charge in [0.05, 0.1) is 18.6 Å². The van der Waals surface area contributed by atoms with Crippen molar-refractivity contribution in [1.82, 2.24) is 15.6 Å². The van der Waals surface area contributed by atoms with E-state index in [9.17, 15) is 9.59 Å². The molecule has 0 aliphatic rings. The molecule has 2 amide bonds. The number of carboxylic acid groups (broad SMARTS) is 1. The third-order valence-electron chi connectivity index (χ3n) is 2.86. The molecule has 8 heteroatoms. The Morgan fingerprint density at radius 2 is 2.24 bits per heavy atom. The lowest BCUT2D eigenvalue weighted by atomic mass is 10.2. The average molecular weight is 315 g/mol. The number of hydrogen-bond acceptors (Lipinski definition) is 5. The van der Waals surface area contributed by atoms with Crippen LogP contribution in [0.5, 0.6) is 0 Å². The molecule has 0 aromatic carbocycles. The maximum atomic E-state index is 11.8. The molecule has 1 rings (SSSR count). The summed E-state index contributed by atoms with van der Waals surface area (Å²) < 4.78 is 4.99. The molecule has 3 N–H and O–H groups in total. The largest absolute Gasteiger partial charge is 0.481 e. The molecule has 7 nitrogen and oxygen atoms in total. The monoisotopic (exact) mass is 315 g/mol. The van der Waals surface area contributed by atoms with Crippen LogP contribution in [-0.2, 0) is 16.0 Å². The fourth-order valence-electron chi connectivity index (χ4n) is 1.64. The highest BCUT2D eigenvalue weighted by Crippen LogP contribution is 2.19. The highest BCUT2D eigenvalue weighted by molar-refractivity contribution is 7.11. The number of carbonyl (C=O) groups is 2. The summed E-state index contributed by atoms with van der Waals surface area (Å²) in [6.45, 7) is 4.04. The van der Waals surface area contributed by atoms with Gasteiger partial charge in [-0.1, -0.05) is 6.92 Å². The first-order chi connectivity index (χ1) is 9.96. The van der Waals surface area contributed by atoms with E-state index < -0.39 is 12.1 Å². The Morgan fingerprint density at radius 3 is 2.76 bits per heavy atom. The summed E-state index contributed by atoms with van der Waals surface area (Å²) in [5.74, 6) is -0.965. The highest BCUT2D eigenvalue weighted by atomic mass is 32.1. The Labute approximate surface area is 127 Å². The van der Waals surface area contributed by atoms with Crippen LogP contribution in [0.2, 0.25) is 0 Å². The standard InChI is InChI=1S/C13H21N3O4S/c1-4-10-7-14-12(21-10)8(2)16-13(19)15-6-9(20-3)5-11(17)18/h7-9H,4-6H2,1-3H3,(H,17,18)(H2,15,16,19). The summed E-state index contributed by atoms with van der Waals surface area (Å²) in [4.78, 5) is 27.8. The number of aromatic nitrogens is 1. The lowest BCUT2D eigenvalue weighted by Gasteiger charge is -2.16. The zero-order valence-electron chi connectivity index (χ0n) is 12.4. The number of hydrogen-bond donors (Lipinski definition) is 3. The van der Waals surface area contributed by atoms with E-state index in [1.54, 1.807) is 11.3 Å². The van der Waals surface area contributed by atoms with E-state index >= 15 is 0 Å². The molecule has 0 saturated heterocycles. The number of amides is 2. The van der Waals surface area contributed by atoms with Gasteiger partial charge in [0.15, 0.2) is 0 Å². The van der Waals surface area contributed by atoms with Gasteiger partial charge in [0, 0.05) is 24.7 Å². The third kappa shape index (κ3) is 6.09. The van der Waals surface area contributed by atoms with Crippen LogP contribution < -0.4 is 10.6 Å². The summed E-state index contributed by atoms with van der Waals surface area (Å²) in [6, 6.07) is -0.570. The second-order valence-electron chi connectivity index (χ2n) is 4.55. The molecule has 0 radical (unpaired) electrons. The van der Waals surface area contributed by atoms with Gasteiger partial charge in [-0.3, -0.25) is 4.79 Å². The molecular formula is C13H21N3O4S. The third-order valence-corrected chi connectivity index (χ3v) is 4.19. The number of nitrogens with one attached hydrogen (secondary N) is 2. The first-order valence-corrected chi connectivity index (χ1v) is 7.51. The molecule has 0 bridgehead atoms. The van der Waals surface area contributed by atoms with E-state index in [1.165, 1.54) is 12.0 Å². The number of aryl methyl sites for hydroxylation is 1. The number of carboxylic acids is 1. The van der Waals surface area contributed by atoms with Crippen molar-refractivity contribution in [3.63, 3.8) is 0 Å². The molecular weight excluding hydrogens is 294 g/mol. The first-order valence-electron chi connectivity index (χ1n) is 6.69. The van der Waals surface area contributed by atoms with Gasteiger partial charge in [-0.25, -0.2) is 9.78 Å². The molecule has 1 aromatic heterocycles. The maximum absolute atomic E-state index is 11.8. The SMILES string of the molecule is CCc1cnc(C(C)NC(=O)NCC(CC(=O)O)OC)s1. The van der Waals surface area contributed by atoms with Gasteiger partial charge in [-0.05, 0) is 13.3 Å². The van der Waals surface area contributed by atoms with Gasteiger partial charge in [-0.15, -0.1) is 11.3 Å². The number of ether oxygens (including phenoxy) is 1. The van der Waals surface area contributed by atoms with E-state index in [-0.39, 0.29) is 25.0 Å². The minimum absolute atomic E-state index is 0.138. The van der Waals surface area contributed by atoms with Crippen molar-refractivity contribution >= 4 is 23.3 Å². The van der Waals surface area contributed by atoms with Crippen molar-refractivity contribution in [1.29, 1.82) is 0 Å². The fraction of sp³-hybridized carbons (Fsp3) is 0.615. The van der Waals surface area contributed by atoms with Gasteiger partial charge in [0.1, 0.15) is 5.01 Å². The predicted octanol–water partition coefficient (Wildman–Crippen LogP) is 1.56. The van der Waals surface area contributed by atoms with Crippen LogP contribution in [0.3, 0.4) is 0 Å². The van der Waals surface area contributed by atoms with Crippen LogP contribution in [0, 0.1) is 0 Å². The Morgan fingerprint density at radius 1 is 1.52 bits per heavy atom.